The van der Waals surface area contributed by atoms with Crippen molar-refractivity contribution < 1.29 is 77.6 Å². The van der Waals surface area contributed by atoms with E-state index in [9.17, 15) is 59.1 Å². The van der Waals surface area contributed by atoms with Crippen LogP contribution in [0.5, 0.6) is 0 Å². The van der Waals surface area contributed by atoms with Gasteiger partial charge in [0.2, 0.25) is 11.9 Å². The van der Waals surface area contributed by atoms with Gasteiger partial charge in [-0.2, -0.15) is 9.29 Å². The number of azide groups is 1. The highest BCUT2D eigenvalue weighted by Crippen LogP contribution is 2.61. The molecule has 43 heavy (non-hydrogen) atoms. The van der Waals surface area contributed by atoms with Crippen molar-refractivity contribution in [3.8, 4) is 0 Å². The molecular weight excluding hydrogens is 638 g/mol. The van der Waals surface area contributed by atoms with E-state index >= 15 is 0 Å². The molecule has 27 heteroatoms. The summed E-state index contributed by atoms with van der Waals surface area (Å²) >= 11 is 0. The minimum absolute atomic E-state index is 0.246. The number of phosphoric ester groups is 2. The third-order valence-corrected chi connectivity index (χ3v) is 8.22. The normalized spacial score (nSPS) is 26.9. The fraction of sp³-hybridized carbons (Fsp3) is 0.625. The highest BCUT2D eigenvalue weighted by atomic mass is 31.3. The minimum atomic E-state index is -5.85. The summed E-state index contributed by atoms with van der Waals surface area (Å²) in [7, 11) is -11.5. The Balaban J connectivity index is 1.71. The van der Waals surface area contributed by atoms with E-state index in [4.69, 9.17) is 21.1 Å². The number of aldehydes is 1. The van der Waals surface area contributed by atoms with E-state index in [0.717, 1.165) is 4.57 Å². The Kier molecular flexibility index (Phi) is 10.7. The number of H-pyrrole nitrogens is 1. The van der Waals surface area contributed by atoms with Gasteiger partial charge < -0.3 is 60.8 Å². The number of hydrogen-bond donors (Lipinski definition) is 11. The number of fused-ring (bicyclic) bond motifs is 1. The molecule has 12 N–H and O–H groups in total. The van der Waals surface area contributed by atoms with Gasteiger partial charge >= 0.3 is 15.6 Å². The highest BCUT2D eigenvalue weighted by molar-refractivity contribution is 7.61. The Morgan fingerprint density at radius 3 is 2.37 bits per heavy atom. The molecule has 3 heterocycles. The molecule has 0 bridgehead atoms. The molecule has 3 rings (SSSR count). The number of aromatic amines is 1. The van der Waals surface area contributed by atoms with Crippen molar-refractivity contribution in [3.05, 3.63) is 20.8 Å². The molecule has 0 spiro atoms. The van der Waals surface area contributed by atoms with Crippen LogP contribution in [-0.4, -0.2) is 127 Å². The van der Waals surface area contributed by atoms with Gasteiger partial charge in [-0.1, -0.05) is 0 Å². The van der Waals surface area contributed by atoms with Crippen LogP contribution in [0.15, 0.2) is 9.91 Å². The number of aromatic nitrogens is 4. The van der Waals surface area contributed by atoms with Gasteiger partial charge in [0.1, 0.15) is 42.7 Å². The molecule has 7 unspecified atom stereocenters. The number of carbonyl (C=O) groups is 1. The lowest BCUT2D eigenvalue weighted by molar-refractivity contribution is -0.182. The monoisotopic (exact) mass is 662 g/mol. The molecule has 0 saturated carbocycles. The van der Waals surface area contributed by atoms with Crippen molar-refractivity contribution in [2.45, 2.75) is 55.2 Å². The molecule has 1 aliphatic heterocycles. The minimum Gasteiger partial charge on any atom is -0.387 e. The van der Waals surface area contributed by atoms with Gasteiger partial charge in [0.05, 0.1) is 6.61 Å². The summed E-state index contributed by atoms with van der Waals surface area (Å²) in [6.07, 6.45) is -20.4. The molecule has 2 aromatic heterocycles. The standard InChI is InChI=1S/C16H24N8O17P2/c17-15-20-11-5(12(32)21-15)19-16(22-23-18)24(11)13-9(30)7(28)4(39-13)2-38-42(34,35)41-43(36,37)40-14(33)10(31)8(29)6(27)3(26)1-25/h1,3-4,6-10,13-14,26-31,33H,2H2,(H,34,35)(H,36,37)(H3,17,20,21,32)/t3?,4-,6?,7-,8?,9-,10?,13-,14?/m1/s1. The van der Waals surface area contributed by atoms with Crippen LogP contribution in [0, 0.1) is 0 Å². The first-order valence-electron chi connectivity index (χ1n) is 11.3. The van der Waals surface area contributed by atoms with Gasteiger partial charge in [-0.25, -0.2) is 14.1 Å². The van der Waals surface area contributed by atoms with E-state index in [1.54, 1.807) is 0 Å². The first-order chi connectivity index (χ1) is 19.9. The predicted molar refractivity (Wildman–Crippen MR) is 131 cm³/mol. The lowest BCUT2D eigenvalue weighted by Gasteiger charge is -2.28. The summed E-state index contributed by atoms with van der Waals surface area (Å²) in [4.78, 5) is 54.4. The first kappa shape index (κ1) is 34.6. The van der Waals surface area contributed by atoms with E-state index in [2.05, 4.69) is 38.3 Å². The SMILES string of the molecule is [N-]=[N+]=Nc1nc2c(=O)[nH]c(N)nc2n1[C@@H]1O[C@H](COP(=O)(O)OP(=O)(O)OC(O)C(O)C(O)C(O)C(O)C=O)[C@@H](O)[C@H]1O. The van der Waals surface area contributed by atoms with Crippen molar-refractivity contribution in [2.75, 3.05) is 12.3 Å². The largest absolute Gasteiger partial charge is 0.483 e. The van der Waals surface area contributed by atoms with Gasteiger partial charge in [-0.05, 0) is 10.6 Å². The second kappa shape index (κ2) is 13.4. The average Bonchev–Trinajstić information content (AvgIpc) is 3.41. The maximum atomic E-state index is 12.3. The molecule has 240 valence electrons. The number of nitrogens with zero attached hydrogens (tertiary/aromatic N) is 6. The van der Waals surface area contributed by atoms with Gasteiger partial charge in [0, 0.05) is 4.91 Å². The van der Waals surface area contributed by atoms with E-state index in [-0.39, 0.29) is 11.9 Å². The van der Waals surface area contributed by atoms with Crippen LogP contribution < -0.4 is 11.3 Å². The highest BCUT2D eigenvalue weighted by Gasteiger charge is 2.47. The number of imidazole rings is 1. The molecule has 2 aromatic rings. The van der Waals surface area contributed by atoms with Gasteiger partial charge in [0.15, 0.2) is 30.0 Å². The number of nitrogen functional groups attached to an aromatic ring is 1. The van der Waals surface area contributed by atoms with Crippen molar-refractivity contribution in [1.82, 2.24) is 19.5 Å². The lowest BCUT2D eigenvalue weighted by atomic mass is 10.0. The summed E-state index contributed by atoms with van der Waals surface area (Å²) in [5, 5.41) is 71.9. The Morgan fingerprint density at radius 2 is 1.77 bits per heavy atom. The van der Waals surface area contributed by atoms with Crippen LogP contribution >= 0.6 is 15.6 Å². The molecule has 11 atom stereocenters. The van der Waals surface area contributed by atoms with E-state index in [1.165, 1.54) is 0 Å². The number of rotatable bonds is 14. The first-order valence-corrected chi connectivity index (χ1v) is 14.3. The number of hydrogen-bond acceptors (Lipinski definition) is 19. The number of ether oxygens (including phenoxy) is 1. The van der Waals surface area contributed by atoms with Crippen molar-refractivity contribution >= 4 is 45.0 Å². The van der Waals surface area contributed by atoms with Gasteiger partial charge in [-0.15, -0.1) is 0 Å². The van der Waals surface area contributed by atoms with E-state index < -0.39 is 100 Å². The molecule has 25 nitrogen and oxygen atoms in total. The molecular formula is C16H24N8O17P2. The Hall–Kier alpha value is -2.93. The predicted octanol–water partition coefficient (Wildman–Crippen LogP) is -4.53. The van der Waals surface area contributed by atoms with Gasteiger partial charge in [0.25, 0.3) is 5.56 Å². The summed E-state index contributed by atoms with van der Waals surface area (Å²) in [5.74, 6) is -0.998. The quantitative estimate of drug-likeness (QED) is 0.0226. The molecule has 1 fully saturated rings. The smallest absolute Gasteiger partial charge is 0.387 e. The summed E-state index contributed by atoms with van der Waals surface area (Å²) in [6.45, 7) is -1.16. The second-order valence-corrected chi connectivity index (χ2v) is 11.5. The van der Waals surface area contributed by atoms with Crippen molar-refractivity contribution in [2.24, 2.45) is 5.11 Å². The zero-order chi connectivity index (χ0) is 32.4. The van der Waals surface area contributed by atoms with Crippen LogP contribution in [0.4, 0.5) is 11.9 Å². The fourth-order valence-electron chi connectivity index (χ4n) is 3.61. The summed E-state index contributed by atoms with van der Waals surface area (Å²) in [5.41, 5.74) is 12.7. The third kappa shape index (κ3) is 7.78. The number of phosphoric acid groups is 2. The Bertz CT molecular complexity index is 1530. The Labute approximate surface area is 236 Å². The number of aliphatic hydroxyl groups excluding tert-OH is 7. The molecule has 0 aromatic carbocycles. The maximum absolute atomic E-state index is 12.3. The molecule has 1 saturated heterocycles. The van der Waals surface area contributed by atoms with Gasteiger partial charge in [-0.3, -0.25) is 23.4 Å². The fourth-order valence-corrected chi connectivity index (χ4v) is 5.73. The Morgan fingerprint density at radius 1 is 1.12 bits per heavy atom. The average molecular weight is 662 g/mol. The van der Waals surface area contributed by atoms with Crippen LogP contribution in [0.25, 0.3) is 21.6 Å². The molecule has 0 aliphatic carbocycles. The second-order valence-electron chi connectivity index (χ2n) is 8.55. The number of nitrogens with one attached hydrogen (secondary N) is 1. The van der Waals surface area contributed by atoms with E-state index in [0.29, 0.717) is 0 Å². The lowest BCUT2D eigenvalue weighted by Crippen LogP contribution is -2.49. The van der Waals surface area contributed by atoms with Crippen LogP contribution in [-0.2, 0) is 32.0 Å². The van der Waals surface area contributed by atoms with Crippen molar-refractivity contribution in [1.29, 1.82) is 0 Å². The number of anilines is 1. The van der Waals surface area contributed by atoms with E-state index in [1.807, 2.05) is 0 Å². The maximum Gasteiger partial charge on any atom is 0.483 e. The van der Waals surface area contributed by atoms with Crippen LogP contribution in [0.2, 0.25) is 0 Å². The zero-order valence-electron chi connectivity index (χ0n) is 20.9. The van der Waals surface area contributed by atoms with Crippen LogP contribution in [0.3, 0.4) is 0 Å². The summed E-state index contributed by atoms with van der Waals surface area (Å²) < 4.78 is 43.0. The summed E-state index contributed by atoms with van der Waals surface area (Å²) in [6, 6.07) is 0. The molecule has 0 amide bonds. The molecule has 0 radical (unpaired) electrons. The zero-order valence-corrected chi connectivity index (χ0v) is 22.7. The number of aliphatic hydroxyl groups is 7. The van der Waals surface area contributed by atoms with Crippen LogP contribution in [0.1, 0.15) is 6.23 Å². The number of nitrogens with two attached hydrogens (primary N) is 1. The van der Waals surface area contributed by atoms with Crippen molar-refractivity contribution in [3.63, 3.8) is 0 Å². The third-order valence-electron chi connectivity index (χ3n) is 5.61. The molecule has 1 aliphatic rings. The topological polar surface area (TPSA) is 409 Å². The number of carbonyl (C=O) groups excluding carboxylic acids is 1.